The Morgan fingerprint density at radius 3 is 2.73 bits per heavy atom. The largest absolute Gasteiger partial charge is 0.353 e. The molecule has 2 N–H and O–H groups in total. The van der Waals surface area contributed by atoms with Gasteiger partial charge in [-0.1, -0.05) is 13.8 Å². The van der Waals surface area contributed by atoms with Gasteiger partial charge in [-0.15, -0.1) is 0 Å². The lowest BCUT2D eigenvalue weighted by atomic mass is 10.0. The van der Waals surface area contributed by atoms with E-state index in [1.807, 2.05) is 0 Å². The molecule has 1 unspecified atom stereocenters. The fraction of sp³-hybridized carbons (Fsp3) is 0.917. The van der Waals surface area contributed by atoms with Crippen LogP contribution in [0.4, 0.5) is 0 Å². The van der Waals surface area contributed by atoms with Crippen LogP contribution in [0.1, 0.15) is 46.0 Å². The first kappa shape index (κ1) is 12.5. The highest BCUT2D eigenvalue weighted by Gasteiger charge is 2.19. The smallest absolute Gasteiger partial charge is 0.223 e. The number of amides is 1. The molecule has 0 aliphatic carbocycles. The van der Waals surface area contributed by atoms with Crippen molar-refractivity contribution in [2.75, 3.05) is 13.1 Å². The SMILES string of the molecule is CCC(CC)C(=O)NC1CCCNCC1. The molecular weight excluding hydrogens is 188 g/mol. The van der Waals surface area contributed by atoms with E-state index >= 15 is 0 Å². The van der Waals surface area contributed by atoms with Crippen molar-refractivity contribution in [1.29, 1.82) is 0 Å². The first-order valence-electron chi connectivity index (χ1n) is 6.29. The molecule has 1 heterocycles. The molecule has 0 bridgehead atoms. The van der Waals surface area contributed by atoms with E-state index in [0.717, 1.165) is 38.8 Å². The molecule has 1 fully saturated rings. The molecule has 88 valence electrons. The predicted molar refractivity (Wildman–Crippen MR) is 62.7 cm³/mol. The van der Waals surface area contributed by atoms with E-state index in [2.05, 4.69) is 24.5 Å². The van der Waals surface area contributed by atoms with Gasteiger partial charge in [0.05, 0.1) is 0 Å². The average Bonchev–Trinajstić information content (AvgIpc) is 2.48. The number of carbonyl (C=O) groups excluding carboxylic acids is 1. The third kappa shape index (κ3) is 4.20. The maximum Gasteiger partial charge on any atom is 0.223 e. The molecule has 1 rings (SSSR count). The quantitative estimate of drug-likeness (QED) is 0.744. The second-order valence-corrected chi connectivity index (χ2v) is 4.40. The summed E-state index contributed by atoms with van der Waals surface area (Å²) in [6, 6.07) is 0.396. The van der Waals surface area contributed by atoms with Gasteiger partial charge in [-0.25, -0.2) is 0 Å². The monoisotopic (exact) mass is 212 g/mol. The van der Waals surface area contributed by atoms with E-state index in [9.17, 15) is 4.79 Å². The summed E-state index contributed by atoms with van der Waals surface area (Å²) in [5, 5.41) is 6.54. The Bertz CT molecular complexity index is 182. The van der Waals surface area contributed by atoms with Gasteiger partial charge in [-0.2, -0.15) is 0 Å². The van der Waals surface area contributed by atoms with Crippen molar-refractivity contribution < 1.29 is 4.79 Å². The highest BCUT2D eigenvalue weighted by molar-refractivity contribution is 5.78. The summed E-state index contributed by atoms with van der Waals surface area (Å²) in [7, 11) is 0. The predicted octanol–water partition coefficient (Wildman–Crippen LogP) is 1.68. The number of rotatable bonds is 4. The Labute approximate surface area is 93.0 Å². The summed E-state index contributed by atoms with van der Waals surface area (Å²) in [6.07, 6.45) is 5.28. The van der Waals surface area contributed by atoms with Gasteiger partial charge in [0, 0.05) is 12.0 Å². The summed E-state index contributed by atoms with van der Waals surface area (Å²) in [4.78, 5) is 11.9. The minimum Gasteiger partial charge on any atom is -0.353 e. The molecule has 1 aliphatic rings. The Balaban J connectivity index is 2.34. The molecule has 0 aromatic heterocycles. The molecule has 0 saturated carbocycles. The molecule has 15 heavy (non-hydrogen) atoms. The second kappa shape index (κ2) is 6.83. The Kier molecular flexibility index (Phi) is 5.69. The van der Waals surface area contributed by atoms with E-state index in [1.54, 1.807) is 0 Å². The van der Waals surface area contributed by atoms with Crippen LogP contribution in [0, 0.1) is 5.92 Å². The zero-order valence-electron chi connectivity index (χ0n) is 10.0. The van der Waals surface area contributed by atoms with Crippen LogP contribution in [-0.4, -0.2) is 25.0 Å². The first-order valence-corrected chi connectivity index (χ1v) is 6.29. The molecule has 3 heteroatoms. The Hall–Kier alpha value is -0.570. The van der Waals surface area contributed by atoms with Gasteiger partial charge < -0.3 is 10.6 Å². The van der Waals surface area contributed by atoms with Gasteiger partial charge in [0.15, 0.2) is 0 Å². The lowest BCUT2D eigenvalue weighted by Gasteiger charge is -2.19. The van der Waals surface area contributed by atoms with Gasteiger partial charge in [-0.05, 0) is 45.2 Å². The van der Waals surface area contributed by atoms with Crippen LogP contribution >= 0.6 is 0 Å². The highest BCUT2D eigenvalue weighted by Crippen LogP contribution is 2.10. The number of carbonyl (C=O) groups is 1. The summed E-state index contributed by atoms with van der Waals surface area (Å²) < 4.78 is 0. The third-order valence-electron chi connectivity index (χ3n) is 3.28. The van der Waals surface area contributed by atoms with Crippen LogP contribution in [0.15, 0.2) is 0 Å². The van der Waals surface area contributed by atoms with E-state index in [0.29, 0.717) is 6.04 Å². The summed E-state index contributed by atoms with van der Waals surface area (Å²) >= 11 is 0. The maximum atomic E-state index is 11.9. The van der Waals surface area contributed by atoms with Gasteiger partial charge in [0.25, 0.3) is 0 Å². The van der Waals surface area contributed by atoms with Crippen molar-refractivity contribution in [3.63, 3.8) is 0 Å². The third-order valence-corrected chi connectivity index (χ3v) is 3.28. The number of hydrogen-bond acceptors (Lipinski definition) is 2. The number of nitrogens with one attached hydrogen (secondary N) is 2. The van der Waals surface area contributed by atoms with Crippen LogP contribution < -0.4 is 10.6 Å². The van der Waals surface area contributed by atoms with Gasteiger partial charge in [-0.3, -0.25) is 4.79 Å². The fourth-order valence-corrected chi connectivity index (χ4v) is 2.14. The van der Waals surface area contributed by atoms with Crippen molar-refractivity contribution in [2.24, 2.45) is 5.92 Å². The molecule has 3 nitrogen and oxygen atoms in total. The normalized spacial score (nSPS) is 22.5. The van der Waals surface area contributed by atoms with Crippen LogP contribution in [-0.2, 0) is 4.79 Å². The van der Waals surface area contributed by atoms with Crippen LogP contribution in [0.3, 0.4) is 0 Å². The molecule has 0 radical (unpaired) electrons. The molecule has 1 saturated heterocycles. The lowest BCUT2D eigenvalue weighted by Crippen LogP contribution is -2.39. The maximum absolute atomic E-state index is 11.9. The first-order chi connectivity index (χ1) is 7.27. The standard InChI is InChI=1S/C12H24N2O/c1-3-10(4-2)12(15)14-11-6-5-8-13-9-7-11/h10-11,13H,3-9H2,1-2H3,(H,14,15). The fourth-order valence-electron chi connectivity index (χ4n) is 2.14. The molecule has 0 aromatic carbocycles. The van der Waals surface area contributed by atoms with Crippen LogP contribution in [0.2, 0.25) is 0 Å². The van der Waals surface area contributed by atoms with Crippen molar-refractivity contribution in [1.82, 2.24) is 10.6 Å². The second-order valence-electron chi connectivity index (χ2n) is 4.40. The number of hydrogen-bond donors (Lipinski definition) is 2. The molecule has 1 atom stereocenters. The summed E-state index contributed by atoms with van der Waals surface area (Å²) in [6.45, 7) is 6.30. The molecule has 0 aromatic rings. The van der Waals surface area contributed by atoms with E-state index in [-0.39, 0.29) is 11.8 Å². The zero-order chi connectivity index (χ0) is 11.1. The average molecular weight is 212 g/mol. The summed E-state index contributed by atoms with van der Waals surface area (Å²) in [5.74, 6) is 0.466. The molecule has 1 aliphatic heterocycles. The lowest BCUT2D eigenvalue weighted by molar-refractivity contribution is -0.126. The summed E-state index contributed by atoms with van der Waals surface area (Å²) in [5.41, 5.74) is 0. The van der Waals surface area contributed by atoms with Crippen LogP contribution in [0.25, 0.3) is 0 Å². The zero-order valence-corrected chi connectivity index (χ0v) is 10.0. The van der Waals surface area contributed by atoms with Gasteiger partial charge in [0.2, 0.25) is 5.91 Å². The topological polar surface area (TPSA) is 41.1 Å². The minimum atomic E-state index is 0.209. The van der Waals surface area contributed by atoms with E-state index < -0.39 is 0 Å². The molecule has 1 amide bonds. The minimum absolute atomic E-state index is 0.209. The van der Waals surface area contributed by atoms with E-state index in [1.165, 1.54) is 6.42 Å². The van der Waals surface area contributed by atoms with Crippen molar-refractivity contribution in [2.45, 2.75) is 52.0 Å². The Morgan fingerprint density at radius 2 is 2.07 bits per heavy atom. The Morgan fingerprint density at radius 1 is 1.33 bits per heavy atom. The van der Waals surface area contributed by atoms with Crippen molar-refractivity contribution >= 4 is 5.91 Å². The van der Waals surface area contributed by atoms with Crippen LogP contribution in [0.5, 0.6) is 0 Å². The highest BCUT2D eigenvalue weighted by atomic mass is 16.1. The van der Waals surface area contributed by atoms with Crippen molar-refractivity contribution in [3.8, 4) is 0 Å². The van der Waals surface area contributed by atoms with Gasteiger partial charge in [0.1, 0.15) is 0 Å². The van der Waals surface area contributed by atoms with Gasteiger partial charge >= 0.3 is 0 Å². The molecule has 0 spiro atoms. The van der Waals surface area contributed by atoms with E-state index in [4.69, 9.17) is 0 Å². The molecular formula is C12H24N2O. The van der Waals surface area contributed by atoms with Crippen molar-refractivity contribution in [3.05, 3.63) is 0 Å².